The number of nitrogens with zero attached hydrogens (tertiary/aromatic N) is 1. The van der Waals surface area contributed by atoms with Crippen molar-refractivity contribution in [2.75, 3.05) is 26.8 Å². The molecule has 0 aliphatic carbocycles. The molecule has 0 saturated carbocycles. The largest absolute Gasteiger partial charge is 0.383 e. The van der Waals surface area contributed by atoms with Crippen LogP contribution in [0.5, 0.6) is 0 Å². The fourth-order valence-electron chi connectivity index (χ4n) is 1.67. The van der Waals surface area contributed by atoms with Gasteiger partial charge >= 0.3 is 0 Å². The maximum atomic E-state index is 13.1. The zero-order valence-corrected chi connectivity index (χ0v) is 11.5. The molecule has 0 saturated heterocycles. The zero-order valence-electron chi connectivity index (χ0n) is 11.5. The molecule has 1 aromatic carbocycles. The van der Waals surface area contributed by atoms with Crippen LogP contribution < -0.4 is 0 Å². The number of carbonyl (C=O) groups excluding carboxylic acids is 1. The number of ether oxygens (including phenoxy) is 1. The van der Waals surface area contributed by atoms with Crippen molar-refractivity contribution >= 4 is 5.78 Å². The summed E-state index contributed by atoms with van der Waals surface area (Å²) >= 11 is 0. The molecule has 0 atom stereocenters. The molecule has 0 heterocycles. The molecule has 19 heavy (non-hydrogen) atoms. The van der Waals surface area contributed by atoms with Crippen molar-refractivity contribution in [2.24, 2.45) is 0 Å². The minimum atomic E-state index is -1.00. The fourth-order valence-corrected chi connectivity index (χ4v) is 1.67. The van der Waals surface area contributed by atoms with Gasteiger partial charge in [-0.25, -0.2) is 8.78 Å². The second-order valence-electron chi connectivity index (χ2n) is 4.61. The van der Waals surface area contributed by atoms with Gasteiger partial charge in [-0.15, -0.1) is 0 Å². The van der Waals surface area contributed by atoms with E-state index < -0.39 is 11.6 Å². The number of halogens is 2. The van der Waals surface area contributed by atoms with E-state index in [9.17, 15) is 13.6 Å². The lowest BCUT2D eigenvalue weighted by molar-refractivity contribution is 0.0851. The Morgan fingerprint density at radius 1 is 1.32 bits per heavy atom. The van der Waals surface area contributed by atoms with Crippen molar-refractivity contribution in [2.45, 2.75) is 19.9 Å². The summed E-state index contributed by atoms with van der Waals surface area (Å²) in [5.41, 5.74) is 0.182. The third-order valence-electron chi connectivity index (χ3n) is 2.90. The molecule has 0 aliphatic heterocycles. The second-order valence-corrected chi connectivity index (χ2v) is 4.61. The van der Waals surface area contributed by atoms with Crippen LogP contribution in [0.25, 0.3) is 0 Å². The summed E-state index contributed by atoms with van der Waals surface area (Å²) in [4.78, 5) is 13.9. The maximum Gasteiger partial charge on any atom is 0.176 e. The topological polar surface area (TPSA) is 29.5 Å². The van der Waals surface area contributed by atoms with E-state index >= 15 is 0 Å². The summed E-state index contributed by atoms with van der Waals surface area (Å²) in [6.45, 7) is 5.22. The first kappa shape index (κ1) is 15.7. The van der Waals surface area contributed by atoms with Crippen LogP contribution in [0.4, 0.5) is 8.78 Å². The highest BCUT2D eigenvalue weighted by atomic mass is 19.2. The van der Waals surface area contributed by atoms with E-state index in [2.05, 4.69) is 0 Å². The van der Waals surface area contributed by atoms with Crippen LogP contribution in [-0.2, 0) is 4.74 Å². The average Bonchev–Trinajstić information content (AvgIpc) is 2.37. The number of carbonyl (C=O) groups is 1. The zero-order chi connectivity index (χ0) is 14.4. The van der Waals surface area contributed by atoms with E-state index in [1.54, 1.807) is 7.11 Å². The molecule has 3 nitrogen and oxygen atoms in total. The van der Waals surface area contributed by atoms with Crippen molar-refractivity contribution < 1.29 is 18.3 Å². The van der Waals surface area contributed by atoms with Gasteiger partial charge in [0, 0.05) is 25.3 Å². The molecule has 106 valence electrons. The van der Waals surface area contributed by atoms with Gasteiger partial charge in [0.15, 0.2) is 17.4 Å². The van der Waals surface area contributed by atoms with Crippen LogP contribution in [0.2, 0.25) is 0 Å². The lowest BCUT2D eigenvalue weighted by Crippen LogP contribution is -2.38. The average molecular weight is 271 g/mol. The van der Waals surface area contributed by atoms with Crippen molar-refractivity contribution in [3.05, 3.63) is 35.4 Å². The lowest BCUT2D eigenvalue weighted by Gasteiger charge is -2.25. The van der Waals surface area contributed by atoms with Gasteiger partial charge < -0.3 is 4.74 Å². The first-order valence-corrected chi connectivity index (χ1v) is 6.17. The van der Waals surface area contributed by atoms with Crippen LogP contribution in [0.1, 0.15) is 24.2 Å². The Morgan fingerprint density at radius 2 is 2.00 bits per heavy atom. The Balaban J connectivity index is 2.73. The molecule has 0 unspecified atom stereocenters. The molecule has 0 bridgehead atoms. The van der Waals surface area contributed by atoms with E-state index in [0.29, 0.717) is 13.2 Å². The number of hydrogen-bond donors (Lipinski definition) is 0. The predicted octanol–water partition coefficient (Wildman–Crippen LogP) is 2.50. The Bertz CT molecular complexity index is 435. The number of hydrogen-bond acceptors (Lipinski definition) is 3. The Kier molecular flexibility index (Phi) is 6.05. The molecular weight excluding hydrogens is 252 g/mol. The monoisotopic (exact) mass is 271 g/mol. The molecule has 1 aromatic rings. The molecule has 5 heteroatoms. The van der Waals surface area contributed by atoms with Crippen LogP contribution in [0.3, 0.4) is 0 Å². The Labute approximate surface area is 112 Å². The Hall–Kier alpha value is -1.33. The third kappa shape index (κ3) is 4.69. The summed E-state index contributed by atoms with van der Waals surface area (Å²) in [7, 11) is 1.59. The van der Waals surface area contributed by atoms with Crippen molar-refractivity contribution in [1.29, 1.82) is 0 Å². The van der Waals surface area contributed by atoms with E-state index in [0.717, 1.165) is 12.1 Å². The van der Waals surface area contributed by atoms with Gasteiger partial charge in [0.25, 0.3) is 0 Å². The highest BCUT2D eigenvalue weighted by molar-refractivity contribution is 5.97. The summed E-state index contributed by atoms with van der Waals surface area (Å²) in [5, 5.41) is 0. The fraction of sp³-hybridized carbons (Fsp3) is 0.500. The maximum absolute atomic E-state index is 13.1. The molecule has 0 fully saturated rings. The van der Waals surface area contributed by atoms with E-state index in [1.807, 2.05) is 18.7 Å². The van der Waals surface area contributed by atoms with Crippen LogP contribution in [-0.4, -0.2) is 43.5 Å². The number of Topliss-reactive ketones (excluding diaryl/α,β-unsaturated/α-hetero) is 1. The molecule has 0 aromatic heterocycles. The normalized spacial score (nSPS) is 11.3. The third-order valence-corrected chi connectivity index (χ3v) is 2.90. The van der Waals surface area contributed by atoms with Gasteiger partial charge in [0.1, 0.15) is 0 Å². The predicted molar refractivity (Wildman–Crippen MR) is 69.3 cm³/mol. The standard InChI is InChI=1S/C14H19F2NO2/c1-10(2)17(6-7-19-3)9-14(18)11-4-5-12(15)13(16)8-11/h4-5,8,10H,6-7,9H2,1-3H3. The number of methoxy groups -OCH3 is 1. The van der Waals surface area contributed by atoms with Gasteiger partial charge in [-0.2, -0.15) is 0 Å². The van der Waals surface area contributed by atoms with Gasteiger partial charge in [-0.3, -0.25) is 9.69 Å². The van der Waals surface area contributed by atoms with Crippen molar-refractivity contribution in [1.82, 2.24) is 4.90 Å². The van der Waals surface area contributed by atoms with Gasteiger partial charge in [-0.05, 0) is 32.0 Å². The highest BCUT2D eigenvalue weighted by Crippen LogP contribution is 2.10. The minimum Gasteiger partial charge on any atom is -0.383 e. The second kappa shape index (κ2) is 7.31. The summed E-state index contributed by atoms with van der Waals surface area (Å²) < 4.78 is 30.9. The molecule has 0 spiro atoms. The van der Waals surface area contributed by atoms with Crippen LogP contribution >= 0.6 is 0 Å². The first-order valence-electron chi connectivity index (χ1n) is 6.17. The van der Waals surface area contributed by atoms with E-state index in [4.69, 9.17) is 4.74 Å². The van der Waals surface area contributed by atoms with E-state index in [-0.39, 0.29) is 23.9 Å². The quantitative estimate of drug-likeness (QED) is 0.714. The molecule has 0 radical (unpaired) electrons. The van der Waals surface area contributed by atoms with Gasteiger partial charge in [0.05, 0.1) is 13.2 Å². The van der Waals surface area contributed by atoms with Crippen molar-refractivity contribution in [3.63, 3.8) is 0 Å². The number of ketones is 1. The summed E-state index contributed by atoms with van der Waals surface area (Å²) in [6.07, 6.45) is 0. The number of rotatable bonds is 7. The van der Waals surface area contributed by atoms with E-state index in [1.165, 1.54) is 6.07 Å². The summed E-state index contributed by atoms with van der Waals surface area (Å²) in [6, 6.07) is 3.38. The molecule has 0 N–H and O–H groups in total. The van der Waals surface area contributed by atoms with Crippen LogP contribution in [0.15, 0.2) is 18.2 Å². The molecule has 0 amide bonds. The first-order chi connectivity index (χ1) is 8.95. The minimum absolute atomic E-state index is 0.159. The SMILES string of the molecule is COCCN(CC(=O)c1ccc(F)c(F)c1)C(C)C. The Morgan fingerprint density at radius 3 is 2.53 bits per heavy atom. The smallest absolute Gasteiger partial charge is 0.176 e. The summed E-state index contributed by atoms with van der Waals surface area (Å²) in [5.74, 6) is -2.18. The van der Waals surface area contributed by atoms with Gasteiger partial charge in [0.2, 0.25) is 0 Å². The number of benzene rings is 1. The van der Waals surface area contributed by atoms with Crippen LogP contribution in [0, 0.1) is 11.6 Å². The van der Waals surface area contributed by atoms with Gasteiger partial charge in [-0.1, -0.05) is 0 Å². The lowest BCUT2D eigenvalue weighted by atomic mass is 10.1. The molecule has 0 aliphatic rings. The van der Waals surface area contributed by atoms with Crippen molar-refractivity contribution in [3.8, 4) is 0 Å². The molecular formula is C14H19F2NO2. The highest BCUT2D eigenvalue weighted by Gasteiger charge is 2.16. The molecule has 1 rings (SSSR count).